The van der Waals surface area contributed by atoms with E-state index in [2.05, 4.69) is 10.3 Å². The number of aliphatic hydroxyl groups is 1. The Morgan fingerprint density at radius 3 is 2.87 bits per heavy atom. The minimum atomic E-state index is -1.20. The monoisotopic (exact) mass is 416 g/mol. The van der Waals surface area contributed by atoms with Crippen LogP contribution in [0.3, 0.4) is 0 Å². The Balaban J connectivity index is 1.37. The molecule has 158 valence electrons. The number of benzene rings is 1. The van der Waals surface area contributed by atoms with Crippen LogP contribution in [0.5, 0.6) is 11.5 Å². The molecule has 2 aliphatic heterocycles. The topological polar surface area (TPSA) is 147 Å². The molecule has 1 aromatic heterocycles. The number of aromatic carboxylic acids is 1. The first-order valence-corrected chi connectivity index (χ1v) is 9.62. The van der Waals surface area contributed by atoms with E-state index in [0.717, 1.165) is 0 Å². The molecule has 11 nitrogen and oxygen atoms in total. The number of hydrogen-bond donors (Lipinski definition) is 3. The normalized spacial score (nSPS) is 15.9. The predicted octanol–water partition coefficient (Wildman–Crippen LogP) is -0.784. The molecule has 3 N–H and O–H groups in total. The van der Waals surface area contributed by atoms with Crippen molar-refractivity contribution >= 4 is 19.0 Å². The van der Waals surface area contributed by atoms with Crippen LogP contribution in [-0.2, 0) is 24.2 Å². The van der Waals surface area contributed by atoms with Gasteiger partial charge in [-0.15, -0.1) is 5.10 Å². The number of nitrogens with zero attached hydrogens (tertiary/aromatic N) is 4. The zero-order chi connectivity index (χ0) is 21.3. The molecule has 0 aliphatic carbocycles. The molecule has 1 aromatic carbocycles. The zero-order valence-electron chi connectivity index (χ0n) is 16.1. The molecule has 0 unspecified atom stereocenters. The van der Waals surface area contributed by atoms with Crippen LogP contribution in [0.4, 0.5) is 0 Å². The number of aryl methyl sites for hydroxylation is 1. The van der Waals surface area contributed by atoms with Gasteiger partial charge in [0.15, 0.2) is 0 Å². The van der Waals surface area contributed by atoms with Crippen molar-refractivity contribution < 1.29 is 34.2 Å². The molecule has 2 aromatic rings. The van der Waals surface area contributed by atoms with E-state index in [-0.39, 0.29) is 42.2 Å². The molecule has 0 atom stereocenters. The third kappa shape index (κ3) is 4.09. The van der Waals surface area contributed by atoms with Gasteiger partial charge in [0, 0.05) is 19.2 Å². The summed E-state index contributed by atoms with van der Waals surface area (Å²) < 4.78 is 12.6. The Morgan fingerprint density at radius 1 is 1.33 bits per heavy atom. The lowest BCUT2D eigenvalue weighted by atomic mass is 9.78. The molecule has 0 radical (unpaired) electrons. The van der Waals surface area contributed by atoms with Crippen molar-refractivity contribution in [3.05, 3.63) is 35.2 Å². The highest BCUT2D eigenvalue weighted by Crippen LogP contribution is 2.37. The molecule has 3 heterocycles. The summed E-state index contributed by atoms with van der Waals surface area (Å²) in [5.74, 6) is -1.08. The standard InChI is InChI=1S/C18H21BN4O7/c24-6-4-12-7-23(21-20-12)10-15(25)22-8-13(9-22)29-14-2-1-11-3-5-19(28)30-17(11)16(14)18(26)27/h1-2,7,13,24,28H,3-6,8-10H2,(H,26,27). The molecule has 1 amide bonds. The minimum absolute atomic E-state index is 0.0239. The fourth-order valence-electron chi connectivity index (χ4n) is 3.49. The van der Waals surface area contributed by atoms with Gasteiger partial charge in [-0.2, -0.15) is 0 Å². The fourth-order valence-corrected chi connectivity index (χ4v) is 3.49. The second kappa shape index (κ2) is 8.32. The summed E-state index contributed by atoms with van der Waals surface area (Å²) >= 11 is 0. The summed E-state index contributed by atoms with van der Waals surface area (Å²) in [4.78, 5) is 25.7. The average Bonchev–Trinajstić information content (AvgIpc) is 3.10. The van der Waals surface area contributed by atoms with Crippen molar-refractivity contribution in [3.63, 3.8) is 0 Å². The maximum absolute atomic E-state index is 12.4. The fraction of sp³-hybridized carbons (Fsp3) is 0.444. The predicted molar refractivity (Wildman–Crippen MR) is 102 cm³/mol. The van der Waals surface area contributed by atoms with Crippen molar-refractivity contribution in [2.24, 2.45) is 0 Å². The summed E-state index contributed by atoms with van der Waals surface area (Å²) in [6.07, 6.45) is 2.56. The SMILES string of the molecule is O=C(O)c1c(OC2CN(C(=O)Cn3cc(CCO)nn3)C2)ccc2c1OB(O)CC2. The molecule has 30 heavy (non-hydrogen) atoms. The van der Waals surface area contributed by atoms with Crippen LogP contribution in [0.25, 0.3) is 0 Å². The Kier molecular flexibility index (Phi) is 5.60. The minimum Gasteiger partial charge on any atom is -0.535 e. The van der Waals surface area contributed by atoms with E-state index in [1.54, 1.807) is 23.2 Å². The highest BCUT2D eigenvalue weighted by molar-refractivity contribution is 6.44. The maximum atomic E-state index is 12.4. The first-order chi connectivity index (χ1) is 14.4. The van der Waals surface area contributed by atoms with Crippen molar-refractivity contribution in [2.75, 3.05) is 19.7 Å². The number of ether oxygens (including phenoxy) is 1. The summed E-state index contributed by atoms with van der Waals surface area (Å²) in [6, 6.07) is 3.32. The second-order valence-corrected chi connectivity index (χ2v) is 7.26. The van der Waals surface area contributed by atoms with Gasteiger partial charge in [-0.05, 0) is 24.4 Å². The van der Waals surface area contributed by atoms with E-state index < -0.39 is 13.1 Å². The molecular formula is C18H21BN4O7. The molecule has 1 saturated heterocycles. The van der Waals surface area contributed by atoms with Crippen molar-refractivity contribution in [1.29, 1.82) is 0 Å². The third-order valence-corrected chi connectivity index (χ3v) is 5.08. The van der Waals surface area contributed by atoms with Gasteiger partial charge in [-0.25, -0.2) is 9.48 Å². The Morgan fingerprint density at radius 2 is 2.13 bits per heavy atom. The van der Waals surface area contributed by atoms with E-state index >= 15 is 0 Å². The average molecular weight is 416 g/mol. The van der Waals surface area contributed by atoms with Gasteiger partial charge >= 0.3 is 13.1 Å². The Bertz CT molecular complexity index is 960. The van der Waals surface area contributed by atoms with Gasteiger partial charge in [0.25, 0.3) is 0 Å². The lowest BCUT2D eigenvalue weighted by Gasteiger charge is -2.39. The number of fused-ring (bicyclic) bond motifs is 1. The van der Waals surface area contributed by atoms with Gasteiger partial charge in [0.2, 0.25) is 5.91 Å². The van der Waals surface area contributed by atoms with Gasteiger partial charge < -0.3 is 29.5 Å². The zero-order valence-corrected chi connectivity index (χ0v) is 16.1. The summed E-state index contributed by atoms with van der Waals surface area (Å²) in [7, 11) is -1.04. The number of carboxylic acids is 1. The van der Waals surface area contributed by atoms with Gasteiger partial charge in [-0.3, -0.25) is 4.79 Å². The summed E-state index contributed by atoms with van der Waals surface area (Å²) in [6.45, 7) is 0.617. The van der Waals surface area contributed by atoms with Gasteiger partial charge in [-0.1, -0.05) is 11.3 Å². The van der Waals surface area contributed by atoms with E-state index in [1.807, 2.05) is 0 Å². The van der Waals surface area contributed by atoms with E-state index in [1.165, 1.54) is 4.68 Å². The summed E-state index contributed by atoms with van der Waals surface area (Å²) in [5.41, 5.74) is 1.20. The first-order valence-electron chi connectivity index (χ1n) is 9.62. The number of hydrogen-bond acceptors (Lipinski definition) is 8. The lowest BCUT2D eigenvalue weighted by molar-refractivity contribution is -0.140. The molecule has 12 heteroatoms. The molecule has 2 aliphatic rings. The smallest absolute Gasteiger partial charge is 0.522 e. The van der Waals surface area contributed by atoms with Crippen LogP contribution in [0.15, 0.2) is 18.3 Å². The van der Waals surface area contributed by atoms with E-state index in [4.69, 9.17) is 14.5 Å². The number of carbonyl (C=O) groups is 2. The highest BCUT2D eigenvalue weighted by Gasteiger charge is 2.35. The van der Waals surface area contributed by atoms with Crippen molar-refractivity contribution in [2.45, 2.75) is 31.8 Å². The lowest BCUT2D eigenvalue weighted by Crippen LogP contribution is -2.57. The molecule has 0 bridgehead atoms. The van der Waals surface area contributed by atoms with Gasteiger partial charge in [0.1, 0.15) is 29.7 Å². The second-order valence-electron chi connectivity index (χ2n) is 7.26. The molecule has 0 spiro atoms. The van der Waals surface area contributed by atoms with Crippen LogP contribution in [0.1, 0.15) is 21.6 Å². The van der Waals surface area contributed by atoms with Crippen molar-refractivity contribution in [3.8, 4) is 11.5 Å². The van der Waals surface area contributed by atoms with Crippen LogP contribution in [-0.4, -0.2) is 79.9 Å². The van der Waals surface area contributed by atoms with E-state index in [9.17, 15) is 19.7 Å². The number of rotatable bonds is 7. The number of carbonyl (C=O) groups excluding carboxylic acids is 1. The number of aliphatic hydroxyl groups excluding tert-OH is 1. The summed E-state index contributed by atoms with van der Waals surface area (Å²) in [5, 5.41) is 36.0. The van der Waals surface area contributed by atoms with Crippen LogP contribution < -0.4 is 9.39 Å². The van der Waals surface area contributed by atoms with Crippen LogP contribution in [0.2, 0.25) is 6.32 Å². The first kappa shape index (κ1) is 20.2. The molecule has 0 saturated carbocycles. The number of aromatic nitrogens is 3. The van der Waals surface area contributed by atoms with E-state index in [0.29, 0.717) is 43.5 Å². The Hall–Kier alpha value is -3.12. The van der Waals surface area contributed by atoms with Crippen LogP contribution >= 0.6 is 0 Å². The van der Waals surface area contributed by atoms with Gasteiger partial charge in [0.05, 0.1) is 18.8 Å². The quantitative estimate of drug-likeness (QED) is 0.495. The maximum Gasteiger partial charge on any atom is 0.522 e. The molecular weight excluding hydrogens is 395 g/mol. The number of likely N-dealkylation sites (tertiary alicyclic amines) is 1. The third-order valence-electron chi connectivity index (χ3n) is 5.08. The highest BCUT2D eigenvalue weighted by atomic mass is 16.5. The number of carboxylic acid groups (broad SMARTS) is 1. The number of amides is 1. The molecule has 4 rings (SSSR count). The molecule has 1 fully saturated rings. The van der Waals surface area contributed by atoms with Crippen molar-refractivity contribution in [1.82, 2.24) is 19.9 Å². The Labute approximate surface area is 172 Å². The van der Waals surface area contributed by atoms with Crippen LogP contribution in [0, 0.1) is 0 Å². The largest absolute Gasteiger partial charge is 0.535 e.